The molecule has 0 atom stereocenters. The molecular formula is C13H13N3O. The van der Waals surface area contributed by atoms with E-state index in [0.717, 1.165) is 22.9 Å². The maximum absolute atomic E-state index is 5.78. The summed E-state index contributed by atoms with van der Waals surface area (Å²) in [6, 6.07) is 5.73. The summed E-state index contributed by atoms with van der Waals surface area (Å²) in [6.07, 6.45) is 2.18. The van der Waals surface area contributed by atoms with Gasteiger partial charge in [-0.15, -0.1) is 0 Å². The molecule has 0 unspecified atom stereocenters. The Balaban J connectivity index is 2.30. The first-order valence-corrected chi connectivity index (χ1v) is 5.29. The molecule has 2 aromatic rings. The number of anilines is 1. The molecule has 0 amide bonds. The fraction of sp³-hybridized carbons (Fsp3) is 0.231. The van der Waals surface area contributed by atoms with Crippen LogP contribution in [0.4, 0.5) is 5.82 Å². The van der Waals surface area contributed by atoms with Crippen LogP contribution in [0.2, 0.25) is 0 Å². The normalized spacial score (nSPS) is 9.94. The molecule has 0 saturated heterocycles. The van der Waals surface area contributed by atoms with Crippen LogP contribution in [-0.4, -0.2) is 23.7 Å². The van der Waals surface area contributed by atoms with Gasteiger partial charge < -0.3 is 10.5 Å². The van der Waals surface area contributed by atoms with Gasteiger partial charge in [0.25, 0.3) is 0 Å². The van der Waals surface area contributed by atoms with Crippen LogP contribution in [0.25, 0.3) is 10.9 Å². The summed E-state index contributed by atoms with van der Waals surface area (Å²) in [5, 5.41) is 0.839. The Morgan fingerprint density at radius 1 is 1.35 bits per heavy atom. The zero-order valence-electron chi connectivity index (χ0n) is 9.60. The van der Waals surface area contributed by atoms with E-state index >= 15 is 0 Å². The number of rotatable bonds is 2. The van der Waals surface area contributed by atoms with Crippen LogP contribution in [0.1, 0.15) is 12.0 Å². The van der Waals surface area contributed by atoms with E-state index in [1.165, 1.54) is 6.33 Å². The third kappa shape index (κ3) is 2.71. The Morgan fingerprint density at radius 2 is 2.24 bits per heavy atom. The Bertz CT molecular complexity index is 584. The maximum atomic E-state index is 5.78. The molecule has 2 N–H and O–H groups in total. The molecule has 4 nitrogen and oxygen atoms in total. The number of benzene rings is 1. The lowest BCUT2D eigenvalue weighted by Crippen LogP contribution is -1.93. The second kappa shape index (κ2) is 5.28. The number of hydrogen-bond acceptors (Lipinski definition) is 4. The lowest BCUT2D eigenvalue weighted by Gasteiger charge is -1.99. The van der Waals surface area contributed by atoms with Crippen molar-refractivity contribution in [1.29, 1.82) is 0 Å². The molecular weight excluding hydrogens is 214 g/mol. The second-order valence-electron chi connectivity index (χ2n) is 3.54. The fourth-order valence-electron chi connectivity index (χ4n) is 1.47. The van der Waals surface area contributed by atoms with Crippen molar-refractivity contribution < 1.29 is 4.74 Å². The molecule has 2 rings (SSSR count). The first kappa shape index (κ1) is 11.4. The third-order valence-electron chi connectivity index (χ3n) is 2.33. The highest BCUT2D eigenvalue weighted by atomic mass is 16.5. The minimum Gasteiger partial charge on any atom is -0.384 e. The summed E-state index contributed by atoms with van der Waals surface area (Å²) in [7, 11) is 1.66. The second-order valence-corrected chi connectivity index (χ2v) is 3.54. The van der Waals surface area contributed by atoms with Crippen molar-refractivity contribution >= 4 is 16.7 Å². The van der Waals surface area contributed by atoms with Gasteiger partial charge in [0.2, 0.25) is 0 Å². The van der Waals surface area contributed by atoms with Crippen molar-refractivity contribution in [2.45, 2.75) is 6.42 Å². The Kier molecular flexibility index (Phi) is 3.53. The number of aromatic nitrogens is 2. The fourth-order valence-corrected chi connectivity index (χ4v) is 1.47. The van der Waals surface area contributed by atoms with Gasteiger partial charge in [0.1, 0.15) is 12.1 Å². The van der Waals surface area contributed by atoms with E-state index in [1.54, 1.807) is 7.11 Å². The minimum absolute atomic E-state index is 0.482. The molecule has 4 heteroatoms. The average molecular weight is 227 g/mol. The van der Waals surface area contributed by atoms with E-state index in [2.05, 4.69) is 21.8 Å². The number of fused-ring (bicyclic) bond motifs is 1. The van der Waals surface area contributed by atoms with Gasteiger partial charge in [-0.2, -0.15) is 0 Å². The van der Waals surface area contributed by atoms with E-state index in [4.69, 9.17) is 10.5 Å². The molecule has 0 saturated carbocycles. The van der Waals surface area contributed by atoms with Gasteiger partial charge in [-0.3, -0.25) is 0 Å². The highest BCUT2D eigenvalue weighted by Gasteiger charge is 1.99. The molecule has 0 aliphatic rings. The van der Waals surface area contributed by atoms with Crippen molar-refractivity contribution in [3.05, 3.63) is 30.1 Å². The summed E-state index contributed by atoms with van der Waals surface area (Å²) < 4.78 is 4.93. The first-order valence-electron chi connectivity index (χ1n) is 5.29. The number of nitrogens with zero attached hydrogens (tertiary/aromatic N) is 2. The monoisotopic (exact) mass is 227 g/mol. The van der Waals surface area contributed by atoms with Gasteiger partial charge in [-0.25, -0.2) is 9.97 Å². The molecule has 0 radical (unpaired) electrons. The lowest BCUT2D eigenvalue weighted by molar-refractivity contribution is 0.206. The smallest absolute Gasteiger partial charge is 0.134 e. The maximum Gasteiger partial charge on any atom is 0.134 e. The van der Waals surface area contributed by atoms with Gasteiger partial charge >= 0.3 is 0 Å². The van der Waals surface area contributed by atoms with Gasteiger partial charge in [-0.05, 0) is 18.2 Å². The molecule has 0 spiro atoms. The number of hydrogen-bond donors (Lipinski definition) is 1. The summed E-state index contributed by atoms with van der Waals surface area (Å²) in [4.78, 5) is 8.09. The van der Waals surface area contributed by atoms with Crippen LogP contribution in [0, 0.1) is 11.8 Å². The molecule has 0 aliphatic carbocycles. The van der Waals surface area contributed by atoms with E-state index in [0.29, 0.717) is 12.4 Å². The molecule has 1 aromatic carbocycles. The number of methoxy groups -OCH3 is 1. The number of ether oxygens (including phenoxy) is 1. The van der Waals surface area contributed by atoms with Gasteiger partial charge in [0.15, 0.2) is 0 Å². The molecule has 0 aliphatic heterocycles. The van der Waals surface area contributed by atoms with Crippen molar-refractivity contribution in [1.82, 2.24) is 9.97 Å². The van der Waals surface area contributed by atoms with Crippen LogP contribution in [0.3, 0.4) is 0 Å². The van der Waals surface area contributed by atoms with Crippen molar-refractivity contribution in [3.63, 3.8) is 0 Å². The summed E-state index contributed by atoms with van der Waals surface area (Å²) in [5.74, 6) is 6.57. The predicted octanol–water partition coefficient (Wildman–Crippen LogP) is 1.60. The van der Waals surface area contributed by atoms with Crippen LogP contribution < -0.4 is 5.73 Å². The standard InChI is InChI=1S/C13H13N3O/c1-17-7-3-2-4-10-5-6-12-11(8-10)13(14)16-9-15-12/h5-6,8-9H,3,7H2,1H3,(H2,14,15,16). The zero-order valence-corrected chi connectivity index (χ0v) is 9.60. The zero-order chi connectivity index (χ0) is 12.1. The van der Waals surface area contributed by atoms with E-state index in [1.807, 2.05) is 18.2 Å². The summed E-state index contributed by atoms with van der Waals surface area (Å²) in [6.45, 7) is 0.645. The molecule has 86 valence electrons. The van der Waals surface area contributed by atoms with Crippen LogP contribution in [0.5, 0.6) is 0 Å². The molecule has 0 bridgehead atoms. The SMILES string of the molecule is COCCC#Cc1ccc2ncnc(N)c2c1. The summed E-state index contributed by atoms with van der Waals surface area (Å²) >= 11 is 0. The van der Waals surface area contributed by atoms with Gasteiger partial charge in [0.05, 0.1) is 12.1 Å². The van der Waals surface area contributed by atoms with Crippen LogP contribution in [0.15, 0.2) is 24.5 Å². The minimum atomic E-state index is 0.482. The molecule has 0 fully saturated rings. The summed E-state index contributed by atoms with van der Waals surface area (Å²) in [5.41, 5.74) is 7.53. The highest BCUT2D eigenvalue weighted by Crippen LogP contribution is 2.17. The van der Waals surface area contributed by atoms with E-state index in [9.17, 15) is 0 Å². The molecule has 17 heavy (non-hydrogen) atoms. The molecule has 1 aromatic heterocycles. The quantitative estimate of drug-likeness (QED) is 0.625. The third-order valence-corrected chi connectivity index (χ3v) is 2.33. The highest BCUT2D eigenvalue weighted by molar-refractivity contribution is 5.88. The van der Waals surface area contributed by atoms with Crippen LogP contribution >= 0.6 is 0 Å². The Morgan fingerprint density at radius 3 is 3.06 bits per heavy atom. The van der Waals surface area contributed by atoms with Crippen molar-refractivity contribution in [2.24, 2.45) is 0 Å². The van der Waals surface area contributed by atoms with E-state index in [-0.39, 0.29) is 0 Å². The average Bonchev–Trinajstić information content (AvgIpc) is 2.36. The van der Waals surface area contributed by atoms with Gasteiger partial charge in [0, 0.05) is 24.5 Å². The lowest BCUT2D eigenvalue weighted by atomic mass is 10.1. The number of nitrogens with two attached hydrogens (primary N) is 1. The predicted molar refractivity (Wildman–Crippen MR) is 67.3 cm³/mol. The van der Waals surface area contributed by atoms with Crippen molar-refractivity contribution in [3.8, 4) is 11.8 Å². The molecule has 1 heterocycles. The largest absolute Gasteiger partial charge is 0.384 e. The Hall–Kier alpha value is -2.12. The Labute approximate surface area is 99.8 Å². The van der Waals surface area contributed by atoms with Crippen LogP contribution in [-0.2, 0) is 4.74 Å². The van der Waals surface area contributed by atoms with Crippen molar-refractivity contribution in [2.75, 3.05) is 19.5 Å². The number of nitrogen functional groups attached to an aromatic ring is 1. The first-order chi connectivity index (χ1) is 8.31. The topological polar surface area (TPSA) is 61.0 Å². The van der Waals surface area contributed by atoms with E-state index < -0.39 is 0 Å². The van der Waals surface area contributed by atoms with Gasteiger partial charge in [-0.1, -0.05) is 11.8 Å².